The molecule has 0 aromatic rings. The fraction of sp³-hybridized carbons (Fsp3) is 0.857. The fourth-order valence-corrected chi connectivity index (χ4v) is 0.985. The van der Waals surface area contributed by atoms with E-state index in [2.05, 4.69) is 20.4 Å². The number of rotatable bonds is 3. The van der Waals surface area contributed by atoms with Crippen LogP contribution in [0.2, 0.25) is 0 Å². The van der Waals surface area contributed by atoms with Crippen molar-refractivity contribution >= 4 is 6.03 Å². The minimum atomic E-state index is -0.0731. The Morgan fingerprint density at radius 1 is 1.42 bits per heavy atom. The van der Waals surface area contributed by atoms with Crippen LogP contribution < -0.4 is 10.6 Å². The van der Waals surface area contributed by atoms with Gasteiger partial charge in [-0.2, -0.15) is 0 Å². The summed E-state index contributed by atoms with van der Waals surface area (Å²) in [5.74, 6) is 0. The van der Waals surface area contributed by atoms with Crippen LogP contribution in [0.25, 0.3) is 0 Å². The molecule has 0 unspecified atom stereocenters. The van der Waals surface area contributed by atoms with Crippen LogP contribution in [0.1, 0.15) is 0 Å². The maximum atomic E-state index is 10.7. The Balaban J connectivity index is 2.13. The summed E-state index contributed by atoms with van der Waals surface area (Å²) >= 11 is 0. The molecule has 5 nitrogen and oxygen atoms in total. The fourth-order valence-electron chi connectivity index (χ4n) is 0.985. The first-order valence-corrected chi connectivity index (χ1v) is 4.07. The normalized spacial score (nSPS) is 19.1. The summed E-state index contributed by atoms with van der Waals surface area (Å²) in [6, 6.07) is -0.0731. The Hall–Kier alpha value is -0.810. The number of likely N-dealkylation sites (N-methyl/N-ethyl adjacent to an activating group) is 1. The Kier molecular flexibility index (Phi) is 3.31. The van der Waals surface area contributed by atoms with E-state index < -0.39 is 0 Å². The standard InChI is InChI=1S/C7H16N4O/c1-10(2)3-4-11-5-8-7(12)9-6-11/h3-6H2,1-2H3,(H2,8,9,12). The molecule has 70 valence electrons. The Labute approximate surface area is 72.7 Å². The molecule has 0 spiro atoms. The molecular weight excluding hydrogens is 156 g/mol. The van der Waals surface area contributed by atoms with Crippen LogP contribution in [-0.2, 0) is 0 Å². The third-order valence-electron chi connectivity index (χ3n) is 1.79. The van der Waals surface area contributed by atoms with Crippen LogP contribution in [0.4, 0.5) is 4.79 Å². The van der Waals surface area contributed by atoms with Gasteiger partial charge in [0.1, 0.15) is 0 Å². The molecule has 0 aliphatic carbocycles. The quantitative estimate of drug-likeness (QED) is 0.578. The van der Waals surface area contributed by atoms with Gasteiger partial charge in [-0.3, -0.25) is 4.90 Å². The van der Waals surface area contributed by atoms with Crippen LogP contribution in [0.3, 0.4) is 0 Å². The molecule has 1 fully saturated rings. The summed E-state index contributed by atoms with van der Waals surface area (Å²) in [5, 5.41) is 5.43. The van der Waals surface area contributed by atoms with Crippen molar-refractivity contribution in [3.05, 3.63) is 0 Å². The van der Waals surface area contributed by atoms with Gasteiger partial charge in [-0.1, -0.05) is 0 Å². The molecule has 1 heterocycles. The van der Waals surface area contributed by atoms with E-state index >= 15 is 0 Å². The minimum absolute atomic E-state index is 0.0731. The van der Waals surface area contributed by atoms with Crippen LogP contribution in [0.15, 0.2) is 0 Å². The Bertz CT molecular complexity index is 149. The van der Waals surface area contributed by atoms with Gasteiger partial charge in [0, 0.05) is 13.1 Å². The second-order valence-electron chi connectivity index (χ2n) is 3.20. The molecule has 5 heteroatoms. The van der Waals surface area contributed by atoms with E-state index in [1.807, 2.05) is 14.1 Å². The summed E-state index contributed by atoms with van der Waals surface area (Å²) < 4.78 is 0. The van der Waals surface area contributed by atoms with Gasteiger partial charge in [0.2, 0.25) is 0 Å². The molecule has 0 saturated carbocycles. The number of amides is 2. The predicted molar refractivity (Wildman–Crippen MR) is 46.7 cm³/mol. The van der Waals surface area contributed by atoms with Gasteiger partial charge in [0.15, 0.2) is 0 Å². The zero-order chi connectivity index (χ0) is 8.97. The molecule has 1 saturated heterocycles. The van der Waals surface area contributed by atoms with Crippen molar-refractivity contribution in [1.82, 2.24) is 20.4 Å². The molecule has 1 aliphatic rings. The molecule has 0 radical (unpaired) electrons. The number of hydrogen-bond acceptors (Lipinski definition) is 3. The number of urea groups is 1. The van der Waals surface area contributed by atoms with Gasteiger partial charge < -0.3 is 15.5 Å². The van der Waals surface area contributed by atoms with E-state index in [-0.39, 0.29) is 6.03 Å². The van der Waals surface area contributed by atoms with Crippen LogP contribution in [-0.4, -0.2) is 56.4 Å². The van der Waals surface area contributed by atoms with E-state index in [0.29, 0.717) is 13.3 Å². The highest BCUT2D eigenvalue weighted by Crippen LogP contribution is 1.89. The van der Waals surface area contributed by atoms with Crippen molar-refractivity contribution in [2.24, 2.45) is 0 Å². The molecule has 1 aliphatic heterocycles. The first-order chi connectivity index (χ1) is 5.68. The summed E-state index contributed by atoms with van der Waals surface area (Å²) in [5.41, 5.74) is 0. The molecule has 0 aromatic heterocycles. The first kappa shape index (κ1) is 9.28. The minimum Gasteiger partial charge on any atom is -0.325 e. The molecule has 2 amide bonds. The van der Waals surface area contributed by atoms with Crippen LogP contribution >= 0.6 is 0 Å². The largest absolute Gasteiger partial charge is 0.325 e. The van der Waals surface area contributed by atoms with Gasteiger partial charge >= 0.3 is 6.03 Å². The lowest BCUT2D eigenvalue weighted by molar-refractivity contribution is 0.173. The summed E-state index contributed by atoms with van der Waals surface area (Å²) in [4.78, 5) is 14.9. The van der Waals surface area contributed by atoms with Crippen molar-refractivity contribution in [2.45, 2.75) is 0 Å². The average molecular weight is 172 g/mol. The van der Waals surface area contributed by atoms with E-state index in [9.17, 15) is 4.79 Å². The van der Waals surface area contributed by atoms with E-state index in [4.69, 9.17) is 0 Å². The summed E-state index contributed by atoms with van der Waals surface area (Å²) in [6.45, 7) is 3.29. The molecule has 12 heavy (non-hydrogen) atoms. The maximum Gasteiger partial charge on any atom is 0.316 e. The third-order valence-corrected chi connectivity index (χ3v) is 1.79. The zero-order valence-electron chi connectivity index (χ0n) is 7.63. The monoisotopic (exact) mass is 172 g/mol. The number of nitrogens with one attached hydrogen (secondary N) is 2. The van der Waals surface area contributed by atoms with Gasteiger partial charge in [-0.05, 0) is 14.1 Å². The number of carbonyl (C=O) groups is 1. The molecule has 0 atom stereocenters. The zero-order valence-corrected chi connectivity index (χ0v) is 7.63. The van der Waals surface area contributed by atoms with Gasteiger partial charge in [0.25, 0.3) is 0 Å². The van der Waals surface area contributed by atoms with Crippen molar-refractivity contribution in [2.75, 3.05) is 40.5 Å². The molecule has 0 bridgehead atoms. The number of nitrogens with zero attached hydrogens (tertiary/aromatic N) is 2. The SMILES string of the molecule is CN(C)CCN1CNC(=O)NC1. The molecular formula is C7H16N4O. The van der Waals surface area contributed by atoms with E-state index in [1.165, 1.54) is 0 Å². The second kappa shape index (κ2) is 4.27. The predicted octanol–water partition coefficient (Wildman–Crippen LogP) is -0.922. The first-order valence-electron chi connectivity index (χ1n) is 4.07. The molecule has 2 N–H and O–H groups in total. The lowest BCUT2D eigenvalue weighted by Crippen LogP contribution is -2.55. The Morgan fingerprint density at radius 3 is 2.50 bits per heavy atom. The van der Waals surface area contributed by atoms with Crippen LogP contribution in [0.5, 0.6) is 0 Å². The van der Waals surface area contributed by atoms with Crippen molar-refractivity contribution in [3.63, 3.8) is 0 Å². The van der Waals surface area contributed by atoms with Crippen molar-refractivity contribution < 1.29 is 4.79 Å². The lowest BCUT2D eigenvalue weighted by Gasteiger charge is -2.28. The molecule has 0 aromatic carbocycles. The van der Waals surface area contributed by atoms with Crippen molar-refractivity contribution in [3.8, 4) is 0 Å². The van der Waals surface area contributed by atoms with Crippen molar-refractivity contribution in [1.29, 1.82) is 0 Å². The average Bonchev–Trinajstić information content (AvgIpc) is 2.03. The van der Waals surface area contributed by atoms with Gasteiger partial charge in [-0.25, -0.2) is 4.79 Å². The maximum absolute atomic E-state index is 10.7. The lowest BCUT2D eigenvalue weighted by atomic mass is 10.5. The highest BCUT2D eigenvalue weighted by Gasteiger charge is 2.12. The smallest absolute Gasteiger partial charge is 0.316 e. The summed E-state index contributed by atoms with van der Waals surface area (Å²) in [6.07, 6.45) is 0. The van der Waals surface area contributed by atoms with E-state index in [0.717, 1.165) is 13.1 Å². The highest BCUT2D eigenvalue weighted by molar-refractivity contribution is 5.74. The van der Waals surface area contributed by atoms with Crippen LogP contribution in [0, 0.1) is 0 Å². The van der Waals surface area contributed by atoms with E-state index in [1.54, 1.807) is 0 Å². The summed E-state index contributed by atoms with van der Waals surface area (Å²) in [7, 11) is 4.08. The highest BCUT2D eigenvalue weighted by atomic mass is 16.2. The third kappa shape index (κ3) is 3.06. The Morgan fingerprint density at radius 2 is 2.00 bits per heavy atom. The number of hydrogen-bond donors (Lipinski definition) is 2. The van der Waals surface area contributed by atoms with Gasteiger partial charge in [-0.15, -0.1) is 0 Å². The molecule has 1 rings (SSSR count). The number of carbonyl (C=O) groups excluding carboxylic acids is 1. The topological polar surface area (TPSA) is 47.6 Å². The second-order valence-corrected chi connectivity index (χ2v) is 3.20. The van der Waals surface area contributed by atoms with Gasteiger partial charge in [0.05, 0.1) is 13.3 Å².